The highest BCUT2D eigenvalue weighted by molar-refractivity contribution is 9.08. The zero-order chi connectivity index (χ0) is 24.4. The van der Waals surface area contributed by atoms with Crippen LogP contribution in [-0.4, -0.2) is 10.3 Å². The third-order valence-electron chi connectivity index (χ3n) is 6.94. The van der Waals surface area contributed by atoms with Crippen LogP contribution < -0.4 is 0 Å². The molecule has 2 aromatic heterocycles. The zero-order valence-corrected chi connectivity index (χ0v) is 23.2. The standard InChI is InChI=1S/C26H19BrCl4N2O2/c1-11-23(32-34-25(11)12-5-6-12)21-19(30)8-7-13(22(21)31)14-9-15(14)26-16(10-27)24(33-35-26)20-17(28)3-2-4-18(20)29/h2-4,7-8,12,14-15H,5-6,9-10H2,1H3. The van der Waals surface area contributed by atoms with Crippen LogP contribution in [0.2, 0.25) is 20.1 Å². The molecule has 0 amide bonds. The molecule has 9 heteroatoms. The Bertz CT molecular complexity index is 1440. The Kier molecular flexibility index (Phi) is 6.21. The first-order valence-electron chi connectivity index (χ1n) is 11.3. The molecule has 2 saturated carbocycles. The predicted octanol–water partition coefficient (Wildman–Crippen LogP) is 9.96. The molecular weight excluding hydrogens is 594 g/mol. The summed E-state index contributed by atoms with van der Waals surface area (Å²) in [6, 6.07) is 9.28. The molecule has 0 spiro atoms. The van der Waals surface area contributed by atoms with Crippen molar-refractivity contribution in [1.29, 1.82) is 0 Å². The Balaban J connectivity index is 1.36. The van der Waals surface area contributed by atoms with E-state index in [1.807, 2.05) is 25.1 Å². The number of nitrogens with zero attached hydrogens (tertiary/aromatic N) is 2. The Hall–Kier alpha value is -1.50. The van der Waals surface area contributed by atoms with Crippen LogP contribution in [0.25, 0.3) is 22.5 Å². The summed E-state index contributed by atoms with van der Waals surface area (Å²) in [5.74, 6) is 2.53. The van der Waals surface area contributed by atoms with E-state index in [9.17, 15) is 0 Å². The molecule has 2 unspecified atom stereocenters. The molecule has 4 nitrogen and oxygen atoms in total. The zero-order valence-electron chi connectivity index (χ0n) is 18.5. The normalized spacial score (nSPS) is 19.4. The smallest absolute Gasteiger partial charge is 0.145 e. The number of rotatable bonds is 6. The first kappa shape index (κ1) is 23.9. The summed E-state index contributed by atoms with van der Waals surface area (Å²) in [5, 5.41) is 11.5. The largest absolute Gasteiger partial charge is 0.360 e. The summed E-state index contributed by atoms with van der Waals surface area (Å²) in [6.07, 6.45) is 3.15. The molecule has 4 aromatic rings. The van der Waals surface area contributed by atoms with E-state index < -0.39 is 0 Å². The van der Waals surface area contributed by atoms with Crippen molar-refractivity contribution in [3.63, 3.8) is 0 Å². The average Bonchev–Trinajstić information content (AvgIpc) is 3.75. The van der Waals surface area contributed by atoms with Gasteiger partial charge in [-0.2, -0.15) is 0 Å². The minimum absolute atomic E-state index is 0.136. The van der Waals surface area contributed by atoms with Crippen LogP contribution in [-0.2, 0) is 5.33 Å². The van der Waals surface area contributed by atoms with Gasteiger partial charge in [0.05, 0.1) is 20.1 Å². The molecule has 2 fully saturated rings. The summed E-state index contributed by atoms with van der Waals surface area (Å²) < 4.78 is 11.5. The van der Waals surface area contributed by atoms with Gasteiger partial charge in [-0.1, -0.05) is 84.8 Å². The lowest BCUT2D eigenvalue weighted by atomic mass is 9.99. The molecule has 0 radical (unpaired) electrons. The Morgan fingerprint density at radius 1 is 0.857 bits per heavy atom. The summed E-state index contributed by atoms with van der Waals surface area (Å²) in [5.41, 5.74) is 5.76. The number of halogens is 5. The fourth-order valence-corrected chi connectivity index (χ4v) is 6.68. The Morgan fingerprint density at radius 3 is 2.20 bits per heavy atom. The van der Waals surface area contributed by atoms with Gasteiger partial charge < -0.3 is 9.05 Å². The van der Waals surface area contributed by atoms with Crippen molar-refractivity contribution in [2.75, 3.05) is 0 Å². The highest BCUT2D eigenvalue weighted by Crippen LogP contribution is 2.59. The average molecular weight is 613 g/mol. The molecular formula is C26H19BrCl4N2O2. The molecule has 0 bridgehead atoms. The molecule has 6 rings (SSSR count). The second-order valence-corrected chi connectivity index (χ2v) is 11.3. The maximum absolute atomic E-state index is 6.97. The highest BCUT2D eigenvalue weighted by Gasteiger charge is 2.46. The molecule has 2 aliphatic carbocycles. The molecule has 35 heavy (non-hydrogen) atoms. The van der Waals surface area contributed by atoms with Crippen molar-refractivity contribution in [3.8, 4) is 22.5 Å². The van der Waals surface area contributed by atoms with Gasteiger partial charge in [-0.25, -0.2) is 0 Å². The summed E-state index contributed by atoms with van der Waals surface area (Å²) in [6.45, 7) is 2.02. The van der Waals surface area contributed by atoms with Gasteiger partial charge in [-0.05, 0) is 55.9 Å². The van der Waals surface area contributed by atoms with E-state index >= 15 is 0 Å². The Morgan fingerprint density at radius 2 is 1.51 bits per heavy atom. The third kappa shape index (κ3) is 4.04. The van der Waals surface area contributed by atoms with Crippen molar-refractivity contribution in [2.24, 2.45) is 0 Å². The highest BCUT2D eigenvalue weighted by atomic mass is 79.9. The van der Waals surface area contributed by atoms with Gasteiger partial charge in [-0.3, -0.25) is 0 Å². The second kappa shape index (κ2) is 9.11. The number of alkyl halides is 1. The number of benzene rings is 2. The lowest BCUT2D eigenvalue weighted by Crippen LogP contribution is -1.93. The van der Waals surface area contributed by atoms with E-state index in [-0.39, 0.29) is 11.8 Å². The number of aromatic nitrogens is 2. The minimum Gasteiger partial charge on any atom is -0.360 e. The SMILES string of the molecule is Cc1c(-c2c(Cl)ccc(C3CC3c3onc(-c4c(Cl)cccc4Cl)c3CBr)c2Cl)noc1C1CC1. The number of hydrogen-bond donors (Lipinski definition) is 0. The van der Waals surface area contributed by atoms with Crippen molar-refractivity contribution in [2.45, 2.75) is 49.3 Å². The van der Waals surface area contributed by atoms with Crippen LogP contribution in [0.5, 0.6) is 0 Å². The van der Waals surface area contributed by atoms with Crippen LogP contribution in [0.3, 0.4) is 0 Å². The van der Waals surface area contributed by atoms with E-state index in [1.165, 1.54) is 0 Å². The van der Waals surface area contributed by atoms with Crippen molar-refractivity contribution >= 4 is 62.3 Å². The van der Waals surface area contributed by atoms with Gasteiger partial charge in [-0.15, -0.1) is 0 Å². The lowest BCUT2D eigenvalue weighted by Gasteiger charge is -2.11. The van der Waals surface area contributed by atoms with E-state index in [4.69, 9.17) is 55.4 Å². The molecule has 2 aliphatic rings. The van der Waals surface area contributed by atoms with Crippen LogP contribution in [0.1, 0.15) is 65.2 Å². The van der Waals surface area contributed by atoms with Crippen LogP contribution >= 0.6 is 62.3 Å². The molecule has 2 heterocycles. The van der Waals surface area contributed by atoms with Crippen molar-refractivity contribution < 1.29 is 9.05 Å². The van der Waals surface area contributed by atoms with E-state index in [0.717, 1.165) is 58.7 Å². The fourth-order valence-electron chi connectivity index (χ4n) is 4.87. The predicted molar refractivity (Wildman–Crippen MR) is 143 cm³/mol. The maximum atomic E-state index is 6.97. The quantitative estimate of drug-likeness (QED) is 0.203. The molecule has 2 aromatic carbocycles. The van der Waals surface area contributed by atoms with Gasteiger partial charge in [0.2, 0.25) is 0 Å². The Labute approximate surface area is 231 Å². The molecule has 0 aliphatic heterocycles. The van der Waals surface area contributed by atoms with Gasteiger partial charge in [0.1, 0.15) is 22.9 Å². The fraction of sp³-hybridized carbons (Fsp3) is 0.308. The first-order valence-corrected chi connectivity index (χ1v) is 14.0. The number of hydrogen-bond acceptors (Lipinski definition) is 4. The lowest BCUT2D eigenvalue weighted by molar-refractivity contribution is 0.384. The van der Waals surface area contributed by atoms with Crippen LogP contribution in [0.4, 0.5) is 0 Å². The van der Waals surface area contributed by atoms with Gasteiger partial charge >= 0.3 is 0 Å². The topological polar surface area (TPSA) is 52.1 Å². The van der Waals surface area contributed by atoms with E-state index in [1.54, 1.807) is 12.1 Å². The van der Waals surface area contributed by atoms with Crippen LogP contribution in [0, 0.1) is 6.92 Å². The van der Waals surface area contributed by atoms with Gasteiger partial charge in [0, 0.05) is 39.4 Å². The molecule has 0 saturated heterocycles. The van der Waals surface area contributed by atoms with Gasteiger partial charge in [0.15, 0.2) is 0 Å². The minimum atomic E-state index is 0.136. The summed E-state index contributed by atoms with van der Waals surface area (Å²) in [4.78, 5) is 0. The molecule has 0 N–H and O–H groups in total. The summed E-state index contributed by atoms with van der Waals surface area (Å²) in [7, 11) is 0. The van der Waals surface area contributed by atoms with Crippen LogP contribution in [0.15, 0.2) is 39.4 Å². The molecule has 2 atom stereocenters. The maximum Gasteiger partial charge on any atom is 0.145 e. The molecule has 180 valence electrons. The summed E-state index contributed by atoms with van der Waals surface area (Å²) >= 11 is 30.1. The van der Waals surface area contributed by atoms with E-state index in [0.29, 0.717) is 42.6 Å². The van der Waals surface area contributed by atoms with Crippen molar-refractivity contribution in [1.82, 2.24) is 10.3 Å². The van der Waals surface area contributed by atoms with Crippen molar-refractivity contribution in [3.05, 3.63) is 78.6 Å². The third-order valence-corrected chi connectivity index (χ3v) is 8.86. The monoisotopic (exact) mass is 610 g/mol. The second-order valence-electron chi connectivity index (χ2n) is 9.17. The van der Waals surface area contributed by atoms with Gasteiger partial charge in [0.25, 0.3) is 0 Å². The van der Waals surface area contributed by atoms with E-state index in [2.05, 4.69) is 26.2 Å². The first-order chi connectivity index (χ1) is 16.9.